The number of para-hydroxylation sites is 1. The van der Waals surface area contributed by atoms with Crippen LogP contribution in [0.5, 0.6) is 17.2 Å². The number of halogens is 1. The Balaban J connectivity index is 1.57. The third kappa shape index (κ3) is 5.05. The lowest BCUT2D eigenvalue weighted by Gasteiger charge is -2.36. The Hall–Kier alpha value is -2.64. The summed E-state index contributed by atoms with van der Waals surface area (Å²) in [5, 5.41) is 3.66. The van der Waals surface area contributed by atoms with Gasteiger partial charge in [-0.25, -0.2) is 0 Å². The van der Waals surface area contributed by atoms with Crippen LogP contribution in [-0.4, -0.2) is 64.9 Å². The molecule has 0 atom stereocenters. The van der Waals surface area contributed by atoms with Crippen molar-refractivity contribution in [1.82, 2.24) is 4.90 Å². The van der Waals surface area contributed by atoms with E-state index in [0.717, 1.165) is 36.9 Å². The maximum atomic E-state index is 12.5. The molecule has 1 N–H and O–H groups in total. The van der Waals surface area contributed by atoms with Crippen LogP contribution in [0.4, 0.5) is 11.4 Å². The molecule has 1 heterocycles. The molecule has 1 aliphatic heterocycles. The highest BCUT2D eigenvalue weighted by molar-refractivity contribution is 6.33. The van der Waals surface area contributed by atoms with Gasteiger partial charge in [0, 0.05) is 44.0 Å². The van der Waals surface area contributed by atoms with Crippen LogP contribution in [0.3, 0.4) is 0 Å². The molecule has 0 aromatic heterocycles. The molecule has 0 radical (unpaired) electrons. The van der Waals surface area contributed by atoms with Crippen LogP contribution in [-0.2, 0) is 4.79 Å². The van der Waals surface area contributed by atoms with Gasteiger partial charge in [-0.15, -0.1) is 0 Å². The molecule has 0 spiro atoms. The number of ether oxygens (including phenoxy) is 3. The molecule has 8 heteroatoms. The van der Waals surface area contributed by atoms with E-state index in [4.69, 9.17) is 25.8 Å². The van der Waals surface area contributed by atoms with Crippen LogP contribution in [0.15, 0.2) is 36.4 Å². The Labute approximate surface area is 176 Å². The van der Waals surface area contributed by atoms with Crippen molar-refractivity contribution in [3.63, 3.8) is 0 Å². The lowest BCUT2D eigenvalue weighted by Crippen LogP contribution is -2.48. The van der Waals surface area contributed by atoms with E-state index < -0.39 is 0 Å². The van der Waals surface area contributed by atoms with E-state index in [0.29, 0.717) is 29.5 Å². The molecule has 0 aliphatic carbocycles. The number of nitrogens with one attached hydrogen (secondary N) is 1. The lowest BCUT2D eigenvalue weighted by atomic mass is 10.2. The van der Waals surface area contributed by atoms with Gasteiger partial charge in [0.2, 0.25) is 11.7 Å². The quantitative estimate of drug-likeness (QED) is 0.744. The van der Waals surface area contributed by atoms with Crippen molar-refractivity contribution < 1.29 is 19.0 Å². The number of methoxy groups -OCH3 is 3. The predicted octanol–water partition coefficient (Wildman–Crippen LogP) is 3.13. The van der Waals surface area contributed by atoms with Crippen molar-refractivity contribution in [3.05, 3.63) is 41.4 Å². The maximum absolute atomic E-state index is 12.5. The van der Waals surface area contributed by atoms with E-state index >= 15 is 0 Å². The molecule has 1 saturated heterocycles. The number of piperazine rings is 1. The number of carbonyl (C=O) groups excluding carboxylic acids is 1. The minimum absolute atomic E-state index is 0.0922. The number of hydrogen-bond acceptors (Lipinski definition) is 6. The topological polar surface area (TPSA) is 63.3 Å². The van der Waals surface area contributed by atoms with Crippen molar-refractivity contribution >= 4 is 28.9 Å². The second-order valence-corrected chi connectivity index (χ2v) is 7.08. The molecular weight excluding hydrogens is 394 g/mol. The molecule has 1 aliphatic rings. The summed E-state index contributed by atoms with van der Waals surface area (Å²) in [6.07, 6.45) is 0. The Bertz CT molecular complexity index is 829. The third-order valence-electron chi connectivity index (χ3n) is 4.88. The number of benzene rings is 2. The van der Waals surface area contributed by atoms with Crippen LogP contribution >= 0.6 is 11.6 Å². The summed E-state index contributed by atoms with van der Waals surface area (Å²) in [5.74, 6) is 1.39. The van der Waals surface area contributed by atoms with Crippen molar-refractivity contribution in [2.45, 2.75) is 0 Å². The number of rotatable bonds is 7. The molecule has 3 rings (SSSR count). The minimum Gasteiger partial charge on any atom is -0.493 e. The molecule has 0 bridgehead atoms. The van der Waals surface area contributed by atoms with Gasteiger partial charge in [-0.1, -0.05) is 23.7 Å². The van der Waals surface area contributed by atoms with Crippen LogP contribution in [0, 0.1) is 0 Å². The fourth-order valence-electron chi connectivity index (χ4n) is 3.41. The van der Waals surface area contributed by atoms with Crippen LogP contribution < -0.4 is 24.4 Å². The number of anilines is 2. The Morgan fingerprint density at radius 1 is 1.00 bits per heavy atom. The SMILES string of the molecule is COc1cc(NC(=O)CN2CCN(c3ccccc3Cl)CC2)cc(OC)c1OC. The largest absolute Gasteiger partial charge is 0.493 e. The van der Waals surface area contributed by atoms with E-state index in [9.17, 15) is 4.79 Å². The highest BCUT2D eigenvalue weighted by Gasteiger charge is 2.21. The first-order chi connectivity index (χ1) is 14.0. The Kier molecular flexibility index (Phi) is 7.06. The van der Waals surface area contributed by atoms with Gasteiger partial charge >= 0.3 is 0 Å². The number of nitrogens with zero attached hydrogens (tertiary/aromatic N) is 2. The van der Waals surface area contributed by atoms with E-state index in [1.807, 2.05) is 24.3 Å². The summed E-state index contributed by atoms with van der Waals surface area (Å²) in [7, 11) is 4.63. The molecule has 7 nitrogen and oxygen atoms in total. The average molecular weight is 420 g/mol. The summed E-state index contributed by atoms with van der Waals surface area (Å²) >= 11 is 6.29. The first-order valence-corrected chi connectivity index (χ1v) is 9.75. The van der Waals surface area contributed by atoms with Crippen LogP contribution in [0.2, 0.25) is 5.02 Å². The standard InChI is InChI=1S/C21H26ClN3O4/c1-27-18-12-15(13-19(28-2)21(18)29-3)23-20(26)14-24-8-10-25(11-9-24)17-7-5-4-6-16(17)22/h4-7,12-13H,8-11,14H2,1-3H3,(H,23,26). The van der Waals surface area contributed by atoms with Crippen molar-refractivity contribution in [2.75, 3.05) is 64.3 Å². The predicted molar refractivity (Wildman–Crippen MR) is 115 cm³/mol. The smallest absolute Gasteiger partial charge is 0.238 e. The molecule has 2 aromatic carbocycles. The van der Waals surface area contributed by atoms with Gasteiger partial charge in [-0.2, -0.15) is 0 Å². The van der Waals surface area contributed by atoms with Gasteiger partial charge in [0.1, 0.15) is 0 Å². The van der Waals surface area contributed by atoms with Gasteiger partial charge in [0.05, 0.1) is 38.6 Å². The van der Waals surface area contributed by atoms with Crippen LogP contribution in [0.25, 0.3) is 0 Å². The third-order valence-corrected chi connectivity index (χ3v) is 5.20. The highest BCUT2D eigenvalue weighted by atomic mass is 35.5. The van der Waals surface area contributed by atoms with Gasteiger partial charge in [-0.05, 0) is 12.1 Å². The zero-order valence-electron chi connectivity index (χ0n) is 16.9. The lowest BCUT2D eigenvalue weighted by molar-refractivity contribution is -0.117. The monoisotopic (exact) mass is 419 g/mol. The molecule has 0 saturated carbocycles. The van der Waals surface area contributed by atoms with Crippen molar-refractivity contribution in [3.8, 4) is 17.2 Å². The zero-order valence-corrected chi connectivity index (χ0v) is 17.7. The van der Waals surface area contributed by atoms with Gasteiger partial charge < -0.3 is 24.4 Å². The van der Waals surface area contributed by atoms with Crippen molar-refractivity contribution in [2.24, 2.45) is 0 Å². The zero-order chi connectivity index (χ0) is 20.8. The molecule has 1 amide bonds. The second-order valence-electron chi connectivity index (χ2n) is 6.68. The number of hydrogen-bond donors (Lipinski definition) is 1. The molecular formula is C21H26ClN3O4. The van der Waals surface area contributed by atoms with E-state index in [1.54, 1.807) is 33.5 Å². The second kappa shape index (κ2) is 9.71. The summed E-state index contributed by atoms with van der Waals surface area (Å²) in [4.78, 5) is 16.9. The molecule has 0 unspecified atom stereocenters. The Morgan fingerprint density at radius 3 is 2.17 bits per heavy atom. The summed E-state index contributed by atoms with van der Waals surface area (Å²) in [6.45, 7) is 3.53. The maximum Gasteiger partial charge on any atom is 0.238 e. The van der Waals surface area contributed by atoms with E-state index in [1.165, 1.54) is 0 Å². The van der Waals surface area contributed by atoms with Crippen molar-refractivity contribution in [1.29, 1.82) is 0 Å². The van der Waals surface area contributed by atoms with Gasteiger partial charge in [0.15, 0.2) is 11.5 Å². The normalized spacial score (nSPS) is 14.4. The average Bonchev–Trinajstić information content (AvgIpc) is 2.74. The van der Waals surface area contributed by atoms with E-state index in [-0.39, 0.29) is 5.91 Å². The van der Waals surface area contributed by atoms with Crippen LogP contribution in [0.1, 0.15) is 0 Å². The summed E-state index contributed by atoms with van der Waals surface area (Å²) < 4.78 is 16.0. The fraction of sp³-hybridized carbons (Fsp3) is 0.381. The van der Waals surface area contributed by atoms with Gasteiger partial charge in [0.25, 0.3) is 0 Å². The van der Waals surface area contributed by atoms with Gasteiger partial charge in [-0.3, -0.25) is 9.69 Å². The first kappa shape index (κ1) is 21.1. The molecule has 156 valence electrons. The summed E-state index contributed by atoms with van der Waals surface area (Å²) in [6, 6.07) is 11.3. The highest BCUT2D eigenvalue weighted by Crippen LogP contribution is 2.39. The number of amides is 1. The molecule has 2 aromatic rings. The molecule has 1 fully saturated rings. The first-order valence-electron chi connectivity index (χ1n) is 9.37. The summed E-state index contributed by atoms with van der Waals surface area (Å²) in [5.41, 5.74) is 1.63. The molecule has 29 heavy (non-hydrogen) atoms. The van der Waals surface area contributed by atoms with E-state index in [2.05, 4.69) is 15.1 Å². The minimum atomic E-state index is -0.0922. The number of carbonyl (C=O) groups is 1. The fourth-order valence-corrected chi connectivity index (χ4v) is 3.67. The Morgan fingerprint density at radius 2 is 1.62 bits per heavy atom.